The number of benzene rings is 3. The molecule has 0 amide bonds. The lowest BCUT2D eigenvalue weighted by Gasteiger charge is -2.02. The van der Waals surface area contributed by atoms with E-state index in [4.69, 9.17) is 19.6 Å². The molecule has 0 aliphatic carbocycles. The van der Waals surface area contributed by atoms with E-state index >= 15 is 0 Å². The van der Waals surface area contributed by atoms with Crippen LogP contribution in [0, 0.1) is 0 Å². The zero-order valence-electron chi connectivity index (χ0n) is 14.3. The average Bonchev–Trinajstić information content (AvgIpc) is 3.32. The predicted molar refractivity (Wildman–Crippen MR) is 104 cm³/mol. The Morgan fingerprint density at radius 2 is 1.85 bits per heavy atom. The van der Waals surface area contributed by atoms with E-state index in [2.05, 4.69) is 9.98 Å². The van der Waals surface area contributed by atoms with Crippen LogP contribution >= 0.6 is 0 Å². The van der Waals surface area contributed by atoms with Crippen molar-refractivity contribution in [2.45, 2.75) is 0 Å². The fourth-order valence-electron chi connectivity index (χ4n) is 2.97. The van der Waals surface area contributed by atoms with E-state index in [0.29, 0.717) is 17.3 Å². The van der Waals surface area contributed by atoms with Crippen molar-refractivity contribution in [3.63, 3.8) is 0 Å². The number of nitrogens with two attached hydrogens (primary N) is 1. The molecular formula is C21H15N3O3. The van der Waals surface area contributed by atoms with Crippen LogP contribution in [0.15, 0.2) is 70.1 Å². The number of hydrogen-bond acceptors (Lipinski definition) is 6. The van der Waals surface area contributed by atoms with E-state index < -0.39 is 0 Å². The summed E-state index contributed by atoms with van der Waals surface area (Å²) in [5.74, 6) is 1.98. The van der Waals surface area contributed by atoms with Crippen molar-refractivity contribution in [1.82, 2.24) is 4.98 Å². The Bertz CT molecular complexity index is 1150. The van der Waals surface area contributed by atoms with Gasteiger partial charge in [0, 0.05) is 17.5 Å². The van der Waals surface area contributed by atoms with E-state index in [1.54, 1.807) is 12.3 Å². The molecule has 6 nitrogen and oxygen atoms in total. The Morgan fingerprint density at radius 3 is 2.78 bits per heavy atom. The lowest BCUT2D eigenvalue weighted by atomic mass is 10.1. The zero-order valence-corrected chi connectivity index (χ0v) is 14.3. The summed E-state index contributed by atoms with van der Waals surface area (Å²) >= 11 is 0. The Balaban J connectivity index is 1.48. The quantitative estimate of drug-likeness (QED) is 0.429. The number of nitrogens with zero attached hydrogens (tertiary/aromatic N) is 2. The summed E-state index contributed by atoms with van der Waals surface area (Å²) in [4.78, 5) is 9.05. The molecule has 0 bridgehead atoms. The molecule has 3 aromatic carbocycles. The molecule has 2 N–H and O–H groups in total. The van der Waals surface area contributed by atoms with Crippen molar-refractivity contribution in [3.8, 4) is 23.0 Å². The summed E-state index contributed by atoms with van der Waals surface area (Å²) in [6, 6.07) is 18.8. The highest BCUT2D eigenvalue weighted by Crippen LogP contribution is 2.33. The first-order chi connectivity index (χ1) is 13.2. The number of nitrogen functional groups attached to an aromatic ring is 1. The Kier molecular flexibility index (Phi) is 3.53. The number of aliphatic imine (C=N–C) groups is 1. The van der Waals surface area contributed by atoms with Crippen LogP contribution in [0.25, 0.3) is 22.6 Å². The number of para-hydroxylation sites is 2. The summed E-state index contributed by atoms with van der Waals surface area (Å²) in [7, 11) is 0. The van der Waals surface area contributed by atoms with Crippen LogP contribution in [-0.2, 0) is 0 Å². The monoisotopic (exact) mass is 357 g/mol. The van der Waals surface area contributed by atoms with Gasteiger partial charge < -0.3 is 19.6 Å². The molecule has 0 saturated heterocycles. The fourth-order valence-corrected chi connectivity index (χ4v) is 2.97. The molecule has 27 heavy (non-hydrogen) atoms. The first-order valence-corrected chi connectivity index (χ1v) is 8.45. The van der Waals surface area contributed by atoms with Gasteiger partial charge in [-0.25, -0.2) is 4.98 Å². The smallest absolute Gasteiger partial charge is 0.231 e. The highest BCUT2D eigenvalue weighted by molar-refractivity contribution is 5.84. The lowest BCUT2D eigenvalue weighted by molar-refractivity contribution is 0.174. The topological polar surface area (TPSA) is 82.9 Å². The van der Waals surface area contributed by atoms with Gasteiger partial charge in [0.05, 0.1) is 5.69 Å². The van der Waals surface area contributed by atoms with E-state index in [1.165, 1.54) is 0 Å². The van der Waals surface area contributed by atoms with Crippen molar-refractivity contribution in [1.29, 1.82) is 0 Å². The molecule has 0 radical (unpaired) electrons. The van der Waals surface area contributed by atoms with Crippen molar-refractivity contribution in [3.05, 3.63) is 66.2 Å². The van der Waals surface area contributed by atoms with E-state index in [9.17, 15) is 0 Å². The predicted octanol–water partition coefficient (Wildman–Crippen LogP) is 4.56. The third kappa shape index (κ3) is 2.97. The van der Waals surface area contributed by atoms with Crippen molar-refractivity contribution >= 4 is 28.7 Å². The maximum Gasteiger partial charge on any atom is 0.231 e. The largest absolute Gasteiger partial charge is 0.454 e. The molecule has 1 aliphatic heterocycles. The molecule has 6 heteroatoms. The van der Waals surface area contributed by atoms with E-state index in [-0.39, 0.29) is 6.79 Å². The molecular weight excluding hydrogens is 342 g/mol. The molecule has 4 aromatic rings. The van der Waals surface area contributed by atoms with Gasteiger partial charge in [0.1, 0.15) is 5.52 Å². The van der Waals surface area contributed by atoms with Gasteiger partial charge in [-0.15, -0.1) is 0 Å². The Labute approximate surface area is 154 Å². The maximum atomic E-state index is 6.05. The fraction of sp³-hybridized carbons (Fsp3) is 0.0476. The van der Waals surface area contributed by atoms with Crippen LogP contribution in [0.1, 0.15) is 5.56 Å². The summed E-state index contributed by atoms with van der Waals surface area (Å²) in [6.45, 7) is 0.249. The number of hydrogen-bond donors (Lipinski definition) is 1. The Morgan fingerprint density at radius 1 is 0.963 bits per heavy atom. The van der Waals surface area contributed by atoms with E-state index in [0.717, 1.165) is 33.7 Å². The molecule has 0 fully saturated rings. The van der Waals surface area contributed by atoms with Crippen LogP contribution in [0.5, 0.6) is 11.5 Å². The molecule has 5 rings (SSSR count). The number of fused-ring (bicyclic) bond motifs is 2. The summed E-state index contributed by atoms with van der Waals surface area (Å²) < 4.78 is 16.5. The van der Waals surface area contributed by atoms with Crippen LogP contribution < -0.4 is 15.2 Å². The standard InChI is InChI=1S/C21H15N3O3/c22-15-8-14(21-24-17-3-1-2-4-18(17)27-21)9-16(10-15)23-11-13-5-6-19-20(7-13)26-12-25-19/h1-11H,12,22H2. The number of ether oxygens (including phenoxy) is 2. The second-order valence-electron chi connectivity index (χ2n) is 6.17. The van der Waals surface area contributed by atoms with Crippen molar-refractivity contribution in [2.24, 2.45) is 4.99 Å². The number of aromatic nitrogens is 1. The van der Waals surface area contributed by atoms with Crippen molar-refractivity contribution < 1.29 is 13.9 Å². The van der Waals surface area contributed by atoms with E-state index in [1.807, 2.05) is 54.6 Å². The maximum absolute atomic E-state index is 6.05. The minimum Gasteiger partial charge on any atom is -0.454 e. The first kappa shape index (κ1) is 15.5. The lowest BCUT2D eigenvalue weighted by Crippen LogP contribution is -1.92. The van der Waals surface area contributed by atoms with Gasteiger partial charge in [0.2, 0.25) is 12.7 Å². The van der Waals surface area contributed by atoms with Crippen LogP contribution in [0.2, 0.25) is 0 Å². The van der Waals surface area contributed by atoms with Gasteiger partial charge in [-0.1, -0.05) is 12.1 Å². The second-order valence-corrected chi connectivity index (χ2v) is 6.17. The molecule has 132 valence electrons. The Hall–Kier alpha value is -3.80. The highest BCUT2D eigenvalue weighted by atomic mass is 16.7. The first-order valence-electron chi connectivity index (χ1n) is 8.45. The average molecular weight is 357 g/mol. The van der Waals surface area contributed by atoms with Crippen LogP contribution in [-0.4, -0.2) is 18.0 Å². The molecule has 1 aliphatic rings. The summed E-state index contributed by atoms with van der Waals surface area (Å²) in [5.41, 5.74) is 10.6. The van der Waals surface area contributed by atoms with Crippen LogP contribution in [0.4, 0.5) is 11.4 Å². The highest BCUT2D eigenvalue weighted by Gasteiger charge is 2.13. The van der Waals surface area contributed by atoms with Crippen LogP contribution in [0.3, 0.4) is 0 Å². The van der Waals surface area contributed by atoms with Gasteiger partial charge in [0.25, 0.3) is 0 Å². The van der Waals surface area contributed by atoms with Gasteiger partial charge in [-0.2, -0.15) is 0 Å². The third-order valence-corrected chi connectivity index (χ3v) is 4.24. The molecule has 1 aromatic heterocycles. The van der Waals surface area contributed by atoms with Gasteiger partial charge in [-0.3, -0.25) is 4.99 Å². The SMILES string of the molecule is Nc1cc(N=Cc2ccc3c(c2)OCO3)cc(-c2nc3ccccc3o2)c1. The minimum atomic E-state index is 0.249. The minimum absolute atomic E-state index is 0.249. The second kappa shape index (κ2) is 6.17. The molecule has 0 spiro atoms. The number of oxazole rings is 1. The molecule has 0 saturated carbocycles. The summed E-state index contributed by atoms with van der Waals surface area (Å²) in [5, 5.41) is 0. The van der Waals surface area contributed by atoms with Crippen molar-refractivity contribution in [2.75, 3.05) is 12.5 Å². The number of anilines is 1. The third-order valence-electron chi connectivity index (χ3n) is 4.24. The molecule has 0 atom stereocenters. The summed E-state index contributed by atoms with van der Waals surface area (Å²) in [6.07, 6.45) is 1.76. The number of rotatable bonds is 3. The van der Waals surface area contributed by atoms with Gasteiger partial charge >= 0.3 is 0 Å². The zero-order chi connectivity index (χ0) is 18.2. The normalized spacial score (nSPS) is 12.9. The van der Waals surface area contributed by atoms with Gasteiger partial charge in [0.15, 0.2) is 17.1 Å². The van der Waals surface area contributed by atoms with Gasteiger partial charge in [-0.05, 0) is 54.1 Å². The molecule has 0 unspecified atom stereocenters. The molecule has 2 heterocycles.